The lowest BCUT2D eigenvalue weighted by Gasteiger charge is -2.16. The van der Waals surface area contributed by atoms with Crippen LogP contribution >= 0.6 is 27.5 Å². The van der Waals surface area contributed by atoms with Crippen molar-refractivity contribution >= 4 is 38.6 Å². The third-order valence-electron chi connectivity index (χ3n) is 3.76. The van der Waals surface area contributed by atoms with Crippen LogP contribution in [0.4, 0.5) is 0 Å². The van der Waals surface area contributed by atoms with Gasteiger partial charge in [-0.3, -0.25) is 0 Å². The highest BCUT2D eigenvalue weighted by molar-refractivity contribution is 9.10. The lowest BCUT2D eigenvalue weighted by Crippen LogP contribution is -2.10. The maximum atomic E-state index is 6.10. The molecule has 0 aliphatic rings. The highest BCUT2D eigenvalue weighted by Crippen LogP contribution is 2.31. The Bertz CT molecular complexity index is 806. The molecule has 110 valence electrons. The summed E-state index contributed by atoms with van der Waals surface area (Å²) < 4.78 is 8.87. The van der Waals surface area contributed by atoms with Gasteiger partial charge in [0.1, 0.15) is 17.3 Å². The van der Waals surface area contributed by atoms with E-state index in [9.17, 15) is 0 Å². The number of benzene rings is 1. The molecule has 0 saturated heterocycles. The van der Waals surface area contributed by atoms with Gasteiger partial charge in [0.05, 0.1) is 23.0 Å². The molecule has 1 unspecified atom stereocenters. The Morgan fingerprint density at radius 3 is 2.71 bits per heavy atom. The van der Waals surface area contributed by atoms with Crippen LogP contribution in [0, 0.1) is 13.8 Å². The van der Waals surface area contributed by atoms with Crippen LogP contribution in [0.3, 0.4) is 0 Å². The van der Waals surface area contributed by atoms with Gasteiger partial charge in [0.2, 0.25) is 0 Å². The van der Waals surface area contributed by atoms with E-state index in [0.29, 0.717) is 5.88 Å². The van der Waals surface area contributed by atoms with Crippen molar-refractivity contribution < 1.29 is 4.42 Å². The van der Waals surface area contributed by atoms with Gasteiger partial charge in [0.25, 0.3) is 0 Å². The highest BCUT2D eigenvalue weighted by Gasteiger charge is 2.20. The summed E-state index contributed by atoms with van der Waals surface area (Å²) >= 11 is 9.59. The summed E-state index contributed by atoms with van der Waals surface area (Å²) in [5.74, 6) is 3.12. The maximum Gasteiger partial charge on any atom is 0.125 e. The number of imidazole rings is 1. The Labute approximate surface area is 137 Å². The van der Waals surface area contributed by atoms with Crippen LogP contribution in [0.2, 0.25) is 0 Å². The summed E-state index contributed by atoms with van der Waals surface area (Å²) in [5, 5.41) is 0. The molecule has 0 bridgehead atoms. The van der Waals surface area contributed by atoms with E-state index in [1.807, 2.05) is 26.0 Å². The third-order valence-corrected chi connectivity index (χ3v) is 4.49. The summed E-state index contributed by atoms with van der Waals surface area (Å²) in [4.78, 5) is 4.65. The van der Waals surface area contributed by atoms with E-state index in [1.165, 1.54) is 5.56 Å². The molecule has 0 radical (unpaired) electrons. The van der Waals surface area contributed by atoms with Crippen LogP contribution < -0.4 is 0 Å². The molecule has 0 fully saturated rings. The Kier molecular flexibility index (Phi) is 3.84. The third kappa shape index (κ3) is 2.51. The first-order valence-electron chi connectivity index (χ1n) is 6.80. The van der Waals surface area contributed by atoms with Gasteiger partial charge in [-0.05, 0) is 45.0 Å². The zero-order valence-electron chi connectivity index (χ0n) is 12.2. The maximum absolute atomic E-state index is 6.10. The molecule has 0 amide bonds. The Morgan fingerprint density at radius 1 is 1.33 bits per heavy atom. The second kappa shape index (κ2) is 5.50. The molecule has 0 spiro atoms. The number of nitrogens with zero attached hydrogens (tertiary/aromatic N) is 2. The first-order chi connectivity index (χ1) is 10.0. The molecule has 0 aliphatic carbocycles. The van der Waals surface area contributed by atoms with Crippen molar-refractivity contribution in [2.75, 3.05) is 0 Å². The molecule has 0 aliphatic heterocycles. The number of fused-ring (bicyclic) bond motifs is 1. The second-order valence-corrected chi connectivity index (χ2v) is 6.39. The number of rotatable bonds is 3. The minimum absolute atomic E-state index is 0.127. The van der Waals surface area contributed by atoms with E-state index in [2.05, 4.69) is 44.5 Å². The molecule has 2 aromatic heterocycles. The number of aromatic nitrogens is 2. The van der Waals surface area contributed by atoms with Gasteiger partial charge in [0, 0.05) is 10.0 Å². The van der Waals surface area contributed by atoms with Crippen LogP contribution in [0.25, 0.3) is 11.0 Å². The minimum atomic E-state index is 0.127. The lowest BCUT2D eigenvalue weighted by atomic mass is 10.1. The summed E-state index contributed by atoms with van der Waals surface area (Å²) in [6.07, 6.45) is 0. The van der Waals surface area contributed by atoms with E-state index < -0.39 is 0 Å². The quantitative estimate of drug-likeness (QED) is 0.584. The van der Waals surface area contributed by atoms with Crippen molar-refractivity contribution in [2.45, 2.75) is 32.7 Å². The summed E-state index contributed by atoms with van der Waals surface area (Å²) in [6.45, 7) is 6.11. The van der Waals surface area contributed by atoms with Gasteiger partial charge in [-0.1, -0.05) is 15.9 Å². The van der Waals surface area contributed by atoms with Gasteiger partial charge >= 0.3 is 0 Å². The average Bonchev–Trinajstić information content (AvgIpc) is 2.97. The fourth-order valence-electron chi connectivity index (χ4n) is 2.85. The zero-order valence-corrected chi connectivity index (χ0v) is 14.5. The zero-order chi connectivity index (χ0) is 15.1. The van der Waals surface area contributed by atoms with Crippen molar-refractivity contribution in [2.24, 2.45) is 0 Å². The van der Waals surface area contributed by atoms with Gasteiger partial charge in [0.15, 0.2) is 0 Å². The topological polar surface area (TPSA) is 31.0 Å². The standard InChI is InChI=1S/C16H16BrClN2O/c1-9-6-13(11(3)21-9)10(2)20-15-5-4-12(17)7-14(15)19-16(20)8-18/h4-7,10H,8H2,1-3H3. The number of hydrogen-bond acceptors (Lipinski definition) is 2. The van der Waals surface area contributed by atoms with E-state index in [-0.39, 0.29) is 6.04 Å². The average molecular weight is 368 g/mol. The van der Waals surface area contributed by atoms with E-state index in [1.54, 1.807) is 0 Å². The van der Waals surface area contributed by atoms with Gasteiger partial charge in [-0.25, -0.2) is 4.98 Å². The summed E-state index contributed by atoms with van der Waals surface area (Å²) in [6, 6.07) is 8.33. The second-order valence-electron chi connectivity index (χ2n) is 5.21. The molecule has 3 aromatic rings. The number of hydrogen-bond donors (Lipinski definition) is 0. The lowest BCUT2D eigenvalue weighted by molar-refractivity contribution is 0.494. The van der Waals surface area contributed by atoms with Crippen molar-refractivity contribution in [1.29, 1.82) is 0 Å². The molecule has 0 saturated carbocycles. The SMILES string of the molecule is Cc1cc(C(C)n2c(CCl)nc3cc(Br)ccc32)c(C)o1. The summed E-state index contributed by atoms with van der Waals surface area (Å²) in [5.41, 5.74) is 3.20. The Morgan fingerprint density at radius 2 is 2.10 bits per heavy atom. The van der Waals surface area contributed by atoms with Crippen LogP contribution in [0.5, 0.6) is 0 Å². The Balaban J connectivity index is 2.20. The van der Waals surface area contributed by atoms with Crippen molar-refractivity contribution in [1.82, 2.24) is 9.55 Å². The van der Waals surface area contributed by atoms with Crippen LogP contribution in [0.15, 0.2) is 33.2 Å². The van der Waals surface area contributed by atoms with E-state index in [0.717, 1.165) is 32.9 Å². The molecule has 0 N–H and O–H groups in total. The van der Waals surface area contributed by atoms with Gasteiger partial charge < -0.3 is 8.98 Å². The summed E-state index contributed by atoms with van der Waals surface area (Å²) in [7, 11) is 0. The normalized spacial score (nSPS) is 13.0. The molecule has 3 rings (SSSR count). The van der Waals surface area contributed by atoms with E-state index in [4.69, 9.17) is 16.0 Å². The molecule has 5 heteroatoms. The molecule has 1 aromatic carbocycles. The molecule has 21 heavy (non-hydrogen) atoms. The fraction of sp³-hybridized carbons (Fsp3) is 0.312. The number of alkyl halides is 1. The molecule has 1 atom stereocenters. The number of halogens is 2. The smallest absolute Gasteiger partial charge is 0.125 e. The minimum Gasteiger partial charge on any atom is -0.466 e. The first kappa shape index (κ1) is 14.7. The predicted octanol–water partition coefficient (Wildman–Crippen LogP) is 5.36. The van der Waals surface area contributed by atoms with E-state index >= 15 is 0 Å². The number of furan rings is 1. The van der Waals surface area contributed by atoms with Crippen LogP contribution in [-0.4, -0.2) is 9.55 Å². The highest BCUT2D eigenvalue weighted by atomic mass is 79.9. The largest absolute Gasteiger partial charge is 0.466 e. The van der Waals surface area contributed by atoms with Crippen molar-refractivity contribution in [3.05, 3.63) is 51.6 Å². The molecular weight excluding hydrogens is 352 g/mol. The fourth-order valence-corrected chi connectivity index (χ4v) is 3.39. The van der Waals surface area contributed by atoms with Crippen molar-refractivity contribution in [3.8, 4) is 0 Å². The van der Waals surface area contributed by atoms with Crippen LogP contribution in [-0.2, 0) is 5.88 Å². The monoisotopic (exact) mass is 366 g/mol. The molecule has 3 nitrogen and oxygen atoms in total. The van der Waals surface area contributed by atoms with Crippen molar-refractivity contribution in [3.63, 3.8) is 0 Å². The predicted molar refractivity (Wildman–Crippen MR) is 89.0 cm³/mol. The first-order valence-corrected chi connectivity index (χ1v) is 8.13. The molecular formula is C16H16BrClN2O. The van der Waals surface area contributed by atoms with Gasteiger partial charge in [-0.2, -0.15) is 0 Å². The number of aryl methyl sites for hydroxylation is 2. The Hall–Kier alpha value is -1.26. The molecule has 2 heterocycles. The van der Waals surface area contributed by atoms with Crippen LogP contribution in [0.1, 0.15) is 35.9 Å². The van der Waals surface area contributed by atoms with Gasteiger partial charge in [-0.15, -0.1) is 11.6 Å².